The van der Waals surface area contributed by atoms with Crippen LogP contribution in [0.15, 0.2) is 53.4 Å². The molecule has 26 heavy (non-hydrogen) atoms. The Balaban J connectivity index is 1.69. The molecule has 0 bridgehead atoms. The van der Waals surface area contributed by atoms with Crippen molar-refractivity contribution in [1.82, 2.24) is 0 Å². The Morgan fingerprint density at radius 3 is 2.58 bits per heavy atom. The van der Waals surface area contributed by atoms with Crippen molar-refractivity contribution in [1.29, 1.82) is 0 Å². The van der Waals surface area contributed by atoms with Crippen molar-refractivity contribution in [2.45, 2.75) is 23.8 Å². The highest BCUT2D eigenvalue weighted by Crippen LogP contribution is 2.22. The van der Waals surface area contributed by atoms with Crippen molar-refractivity contribution >= 4 is 21.4 Å². The Morgan fingerprint density at radius 2 is 1.92 bits per heavy atom. The Kier molecular flexibility index (Phi) is 5.58. The zero-order valence-electron chi connectivity index (χ0n) is 14.5. The van der Waals surface area contributed by atoms with Gasteiger partial charge in [-0.3, -0.25) is 4.79 Å². The molecule has 138 valence electrons. The van der Waals surface area contributed by atoms with Crippen molar-refractivity contribution in [2.75, 3.05) is 24.8 Å². The molecule has 0 aliphatic carbocycles. The standard InChI is InChI=1S/C19H21NO5S/c1-26(22,23)16-10-8-14(9-11-16)20-19(21)17-6-2-3-7-18(17)25-13-15-5-4-12-24-15/h2-3,6-11,15H,4-5,12-13H2,1H3,(H,20,21)/t15-/m0/s1. The molecule has 2 aromatic rings. The maximum absolute atomic E-state index is 12.6. The number of carbonyl (C=O) groups excluding carboxylic acids is 1. The van der Waals surface area contributed by atoms with Gasteiger partial charge in [-0.25, -0.2) is 8.42 Å². The summed E-state index contributed by atoms with van der Waals surface area (Å²) in [5.74, 6) is 0.174. The molecule has 1 aliphatic heterocycles. The van der Waals surface area contributed by atoms with Crippen LogP contribution in [0.2, 0.25) is 0 Å². The fourth-order valence-electron chi connectivity index (χ4n) is 2.72. The number of amides is 1. The number of carbonyl (C=O) groups is 1. The molecule has 0 saturated carbocycles. The normalized spacial score (nSPS) is 17.0. The van der Waals surface area contributed by atoms with Crippen molar-refractivity contribution in [3.8, 4) is 5.75 Å². The van der Waals surface area contributed by atoms with Gasteiger partial charge in [0.05, 0.1) is 16.6 Å². The predicted octanol–water partition coefficient (Wildman–Crippen LogP) is 2.90. The topological polar surface area (TPSA) is 81.7 Å². The summed E-state index contributed by atoms with van der Waals surface area (Å²) in [5.41, 5.74) is 0.925. The zero-order valence-corrected chi connectivity index (χ0v) is 15.3. The Bertz CT molecular complexity index is 871. The number of nitrogens with one attached hydrogen (secondary N) is 1. The van der Waals surface area contributed by atoms with E-state index in [9.17, 15) is 13.2 Å². The number of hydrogen-bond acceptors (Lipinski definition) is 5. The van der Waals surface area contributed by atoms with Gasteiger partial charge < -0.3 is 14.8 Å². The summed E-state index contributed by atoms with van der Waals surface area (Å²) in [6.45, 7) is 1.16. The zero-order chi connectivity index (χ0) is 18.6. The van der Waals surface area contributed by atoms with Crippen LogP contribution in [0.5, 0.6) is 5.75 Å². The van der Waals surface area contributed by atoms with Crippen molar-refractivity contribution in [3.05, 3.63) is 54.1 Å². The highest BCUT2D eigenvalue weighted by molar-refractivity contribution is 7.90. The van der Waals surface area contributed by atoms with Crippen molar-refractivity contribution < 1.29 is 22.7 Å². The molecule has 1 aliphatic rings. The quantitative estimate of drug-likeness (QED) is 0.840. The van der Waals surface area contributed by atoms with Crippen LogP contribution in [0.3, 0.4) is 0 Å². The summed E-state index contributed by atoms with van der Waals surface area (Å²) in [6.07, 6.45) is 3.19. The van der Waals surface area contributed by atoms with E-state index in [1.165, 1.54) is 12.1 Å². The largest absolute Gasteiger partial charge is 0.490 e. The summed E-state index contributed by atoms with van der Waals surface area (Å²) in [4.78, 5) is 12.8. The van der Waals surface area contributed by atoms with Crippen molar-refractivity contribution in [2.24, 2.45) is 0 Å². The molecule has 0 unspecified atom stereocenters. The molecule has 6 nitrogen and oxygen atoms in total. The molecule has 1 amide bonds. The van der Waals surface area contributed by atoms with Gasteiger partial charge in [0.25, 0.3) is 5.91 Å². The molecule has 1 heterocycles. The maximum Gasteiger partial charge on any atom is 0.259 e. The van der Waals surface area contributed by atoms with Gasteiger partial charge >= 0.3 is 0 Å². The molecule has 1 N–H and O–H groups in total. The number of anilines is 1. The number of para-hydroxylation sites is 1. The average Bonchev–Trinajstić information content (AvgIpc) is 3.13. The number of benzene rings is 2. The van der Waals surface area contributed by atoms with Crippen LogP contribution >= 0.6 is 0 Å². The lowest BCUT2D eigenvalue weighted by molar-refractivity contribution is 0.0673. The fraction of sp³-hybridized carbons (Fsp3) is 0.316. The lowest BCUT2D eigenvalue weighted by atomic mass is 10.1. The highest BCUT2D eigenvalue weighted by Gasteiger charge is 2.18. The molecule has 0 spiro atoms. The summed E-state index contributed by atoms with van der Waals surface area (Å²) in [7, 11) is -3.27. The van der Waals surface area contributed by atoms with E-state index in [0.717, 1.165) is 25.7 Å². The van der Waals surface area contributed by atoms with Gasteiger partial charge in [0.15, 0.2) is 9.84 Å². The summed E-state index contributed by atoms with van der Waals surface area (Å²) in [5, 5.41) is 2.76. The van der Waals surface area contributed by atoms with Crippen LogP contribution < -0.4 is 10.1 Å². The van der Waals surface area contributed by atoms with E-state index >= 15 is 0 Å². The third-order valence-electron chi connectivity index (χ3n) is 4.12. The van der Waals surface area contributed by atoms with Crippen LogP contribution in [0.25, 0.3) is 0 Å². The first-order valence-corrected chi connectivity index (χ1v) is 10.3. The number of hydrogen-bond donors (Lipinski definition) is 1. The molecular formula is C19H21NO5S. The molecule has 2 aromatic carbocycles. The van der Waals surface area contributed by atoms with Gasteiger partial charge in [0, 0.05) is 18.6 Å². The van der Waals surface area contributed by atoms with Crippen LogP contribution in [0, 0.1) is 0 Å². The highest BCUT2D eigenvalue weighted by atomic mass is 32.2. The summed E-state index contributed by atoms with van der Waals surface area (Å²) >= 11 is 0. The molecule has 0 aromatic heterocycles. The van der Waals surface area contributed by atoms with Gasteiger partial charge in [-0.05, 0) is 49.2 Å². The molecule has 1 atom stereocenters. The van der Waals surface area contributed by atoms with E-state index in [1.54, 1.807) is 30.3 Å². The maximum atomic E-state index is 12.6. The third kappa shape index (κ3) is 4.62. The minimum atomic E-state index is -3.27. The molecule has 3 rings (SSSR count). The Hall–Kier alpha value is -2.38. The first-order valence-electron chi connectivity index (χ1n) is 8.38. The molecule has 1 fully saturated rings. The van der Waals surface area contributed by atoms with Crippen LogP contribution in [0.4, 0.5) is 5.69 Å². The molecule has 0 radical (unpaired) electrons. The van der Waals surface area contributed by atoms with E-state index in [2.05, 4.69) is 5.32 Å². The van der Waals surface area contributed by atoms with Crippen LogP contribution in [-0.2, 0) is 14.6 Å². The number of rotatable bonds is 6. The van der Waals surface area contributed by atoms with E-state index in [4.69, 9.17) is 9.47 Å². The van der Waals surface area contributed by atoms with Crippen LogP contribution in [-0.4, -0.2) is 39.9 Å². The van der Waals surface area contributed by atoms with Crippen molar-refractivity contribution in [3.63, 3.8) is 0 Å². The average molecular weight is 375 g/mol. The minimum Gasteiger partial charge on any atom is -0.490 e. The van der Waals surface area contributed by atoms with E-state index < -0.39 is 9.84 Å². The second kappa shape index (κ2) is 7.88. The first kappa shape index (κ1) is 18.4. The molecule has 1 saturated heterocycles. The van der Waals surface area contributed by atoms with Gasteiger partial charge in [-0.1, -0.05) is 12.1 Å². The van der Waals surface area contributed by atoms with Crippen LogP contribution in [0.1, 0.15) is 23.2 Å². The lowest BCUT2D eigenvalue weighted by Gasteiger charge is -2.14. The smallest absolute Gasteiger partial charge is 0.259 e. The van der Waals surface area contributed by atoms with Gasteiger partial charge in [-0.15, -0.1) is 0 Å². The van der Waals surface area contributed by atoms with E-state index in [-0.39, 0.29) is 16.9 Å². The SMILES string of the molecule is CS(=O)(=O)c1ccc(NC(=O)c2ccccc2OC[C@@H]2CCCO2)cc1. The second-order valence-electron chi connectivity index (χ2n) is 6.19. The summed E-state index contributed by atoms with van der Waals surface area (Å²) in [6, 6.07) is 13.1. The minimum absolute atomic E-state index is 0.0645. The number of ether oxygens (including phenoxy) is 2. The van der Waals surface area contributed by atoms with Gasteiger partial charge in [0.1, 0.15) is 12.4 Å². The van der Waals surface area contributed by atoms with E-state index in [1.807, 2.05) is 6.07 Å². The van der Waals surface area contributed by atoms with Gasteiger partial charge in [0.2, 0.25) is 0 Å². The Labute approximate surface area is 153 Å². The lowest BCUT2D eigenvalue weighted by Crippen LogP contribution is -2.19. The molecule has 7 heteroatoms. The monoisotopic (exact) mass is 375 g/mol. The second-order valence-corrected chi connectivity index (χ2v) is 8.21. The Morgan fingerprint density at radius 1 is 1.19 bits per heavy atom. The fourth-order valence-corrected chi connectivity index (χ4v) is 3.35. The number of sulfone groups is 1. The van der Waals surface area contributed by atoms with Gasteiger partial charge in [-0.2, -0.15) is 0 Å². The third-order valence-corrected chi connectivity index (χ3v) is 5.25. The predicted molar refractivity (Wildman–Crippen MR) is 98.4 cm³/mol. The first-order chi connectivity index (χ1) is 12.4. The molecular weight excluding hydrogens is 354 g/mol. The summed E-state index contributed by atoms with van der Waals surface area (Å²) < 4.78 is 34.3. The van der Waals surface area contributed by atoms with E-state index in [0.29, 0.717) is 23.6 Å².